The van der Waals surface area contributed by atoms with Gasteiger partial charge in [0.1, 0.15) is 0 Å². The zero-order valence-electron chi connectivity index (χ0n) is 9.52. The van der Waals surface area contributed by atoms with Gasteiger partial charge in [0, 0.05) is 11.4 Å². The molecule has 1 rings (SSSR count). The van der Waals surface area contributed by atoms with Crippen LogP contribution in [0.15, 0.2) is 30.5 Å². The normalized spacial score (nSPS) is 10.4. The van der Waals surface area contributed by atoms with Crippen LogP contribution in [0.25, 0.3) is 0 Å². The smallest absolute Gasteiger partial charge is 0.0384 e. The topological polar surface area (TPSA) is 12.0 Å². The van der Waals surface area contributed by atoms with E-state index < -0.39 is 0 Å². The van der Waals surface area contributed by atoms with Gasteiger partial charge in [-0.1, -0.05) is 26.5 Å². The van der Waals surface area contributed by atoms with Gasteiger partial charge in [-0.3, -0.25) is 0 Å². The van der Waals surface area contributed by atoms with Crippen molar-refractivity contribution in [2.45, 2.75) is 33.6 Å². The van der Waals surface area contributed by atoms with Gasteiger partial charge in [0.15, 0.2) is 0 Å². The molecule has 1 N–H and O–H groups in total. The Hall–Kier alpha value is -1.24. The standard InChI is InChI=1S/C13H19N/c1-9(2)13-8-12(14-10(3)4)7-6-11(13)5/h6-9,14H,3H2,1-2,4-5H3. The number of anilines is 1. The van der Waals surface area contributed by atoms with Gasteiger partial charge in [-0.15, -0.1) is 0 Å². The number of aryl methyl sites for hydroxylation is 1. The van der Waals surface area contributed by atoms with E-state index in [1.165, 1.54) is 11.1 Å². The maximum Gasteiger partial charge on any atom is 0.0384 e. The molecule has 0 unspecified atom stereocenters. The molecule has 0 saturated carbocycles. The molecule has 0 heterocycles. The highest BCUT2D eigenvalue weighted by molar-refractivity contribution is 5.52. The Kier molecular flexibility index (Phi) is 3.34. The van der Waals surface area contributed by atoms with Crippen LogP contribution in [0, 0.1) is 6.92 Å². The SMILES string of the molecule is C=C(C)Nc1ccc(C)c(C(C)C)c1. The molecule has 0 aliphatic carbocycles. The van der Waals surface area contributed by atoms with Gasteiger partial charge >= 0.3 is 0 Å². The quantitative estimate of drug-likeness (QED) is 0.756. The first kappa shape index (κ1) is 10.8. The fourth-order valence-corrected chi connectivity index (χ4v) is 1.59. The van der Waals surface area contributed by atoms with E-state index in [4.69, 9.17) is 0 Å². The maximum atomic E-state index is 3.84. The first-order valence-corrected chi connectivity index (χ1v) is 5.03. The van der Waals surface area contributed by atoms with Crippen LogP contribution in [0.4, 0.5) is 5.69 Å². The highest BCUT2D eigenvalue weighted by Crippen LogP contribution is 2.23. The first-order chi connectivity index (χ1) is 6.50. The van der Waals surface area contributed by atoms with Crippen molar-refractivity contribution in [1.82, 2.24) is 0 Å². The first-order valence-electron chi connectivity index (χ1n) is 5.03. The average Bonchev–Trinajstić information content (AvgIpc) is 2.07. The maximum absolute atomic E-state index is 3.84. The average molecular weight is 189 g/mol. The Balaban J connectivity index is 3.00. The van der Waals surface area contributed by atoms with Crippen molar-refractivity contribution < 1.29 is 0 Å². The lowest BCUT2D eigenvalue weighted by atomic mass is 9.97. The lowest BCUT2D eigenvalue weighted by Gasteiger charge is -2.13. The number of allylic oxidation sites excluding steroid dienone is 1. The van der Waals surface area contributed by atoms with E-state index in [1.807, 2.05) is 6.92 Å². The van der Waals surface area contributed by atoms with Crippen LogP contribution in [-0.4, -0.2) is 0 Å². The Morgan fingerprint density at radius 1 is 1.36 bits per heavy atom. The van der Waals surface area contributed by atoms with Crippen LogP contribution < -0.4 is 5.32 Å². The highest BCUT2D eigenvalue weighted by Gasteiger charge is 2.04. The minimum absolute atomic E-state index is 0.571. The lowest BCUT2D eigenvalue weighted by molar-refractivity contribution is 0.857. The molecule has 0 aliphatic heterocycles. The van der Waals surface area contributed by atoms with Crippen molar-refractivity contribution in [3.63, 3.8) is 0 Å². The van der Waals surface area contributed by atoms with Crippen LogP contribution in [0.2, 0.25) is 0 Å². The van der Waals surface area contributed by atoms with E-state index in [1.54, 1.807) is 0 Å². The van der Waals surface area contributed by atoms with Crippen molar-refractivity contribution in [3.05, 3.63) is 41.6 Å². The minimum Gasteiger partial charge on any atom is -0.360 e. The van der Waals surface area contributed by atoms with Gasteiger partial charge in [0.05, 0.1) is 0 Å². The van der Waals surface area contributed by atoms with E-state index in [2.05, 4.69) is 50.9 Å². The fourth-order valence-electron chi connectivity index (χ4n) is 1.59. The summed E-state index contributed by atoms with van der Waals surface area (Å²) < 4.78 is 0. The van der Waals surface area contributed by atoms with E-state index >= 15 is 0 Å². The molecule has 0 amide bonds. The van der Waals surface area contributed by atoms with Crippen molar-refractivity contribution in [3.8, 4) is 0 Å². The molecule has 0 saturated heterocycles. The van der Waals surface area contributed by atoms with Crippen molar-refractivity contribution >= 4 is 5.69 Å². The molecule has 1 nitrogen and oxygen atoms in total. The molecular weight excluding hydrogens is 170 g/mol. The van der Waals surface area contributed by atoms with Crippen LogP contribution >= 0.6 is 0 Å². The summed E-state index contributed by atoms with van der Waals surface area (Å²) in [5.41, 5.74) is 4.86. The zero-order chi connectivity index (χ0) is 10.7. The molecule has 76 valence electrons. The van der Waals surface area contributed by atoms with Crippen molar-refractivity contribution in [2.24, 2.45) is 0 Å². The minimum atomic E-state index is 0.571. The lowest BCUT2D eigenvalue weighted by Crippen LogP contribution is -1.97. The predicted molar refractivity (Wildman–Crippen MR) is 63.7 cm³/mol. The summed E-state index contributed by atoms with van der Waals surface area (Å²) in [6, 6.07) is 6.45. The van der Waals surface area contributed by atoms with Gasteiger partial charge in [-0.05, 0) is 43.0 Å². The third kappa shape index (κ3) is 2.63. The molecule has 14 heavy (non-hydrogen) atoms. The third-order valence-corrected chi connectivity index (χ3v) is 2.26. The number of benzene rings is 1. The van der Waals surface area contributed by atoms with Crippen molar-refractivity contribution in [2.75, 3.05) is 5.32 Å². The highest BCUT2D eigenvalue weighted by atomic mass is 14.9. The molecule has 0 bridgehead atoms. The molecule has 0 spiro atoms. The van der Waals surface area contributed by atoms with Crippen LogP contribution in [0.5, 0.6) is 0 Å². The Morgan fingerprint density at radius 2 is 2.00 bits per heavy atom. The molecule has 1 heteroatoms. The largest absolute Gasteiger partial charge is 0.360 e. The van der Waals surface area contributed by atoms with Gasteiger partial charge in [0.25, 0.3) is 0 Å². The summed E-state index contributed by atoms with van der Waals surface area (Å²) in [5, 5.41) is 3.23. The second kappa shape index (κ2) is 4.32. The predicted octanol–water partition coefficient (Wildman–Crippen LogP) is 4.06. The number of hydrogen-bond acceptors (Lipinski definition) is 1. The second-order valence-corrected chi connectivity index (χ2v) is 4.13. The van der Waals surface area contributed by atoms with E-state index in [0.29, 0.717) is 5.92 Å². The van der Waals surface area contributed by atoms with Crippen molar-refractivity contribution in [1.29, 1.82) is 0 Å². The summed E-state index contributed by atoms with van der Waals surface area (Å²) >= 11 is 0. The molecule has 0 radical (unpaired) electrons. The monoisotopic (exact) mass is 189 g/mol. The second-order valence-electron chi connectivity index (χ2n) is 4.13. The number of hydrogen-bond donors (Lipinski definition) is 1. The molecule has 0 aromatic heterocycles. The summed E-state index contributed by atoms with van der Waals surface area (Å²) in [4.78, 5) is 0. The Morgan fingerprint density at radius 3 is 2.50 bits per heavy atom. The van der Waals surface area contributed by atoms with Gasteiger partial charge in [-0.25, -0.2) is 0 Å². The number of rotatable bonds is 3. The van der Waals surface area contributed by atoms with Gasteiger partial charge in [0.2, 0.25) is 0 Å². The molecule has 0 aliphatic rings. The molecule has 0 atom stereocenters. The van der Waals surface area contributed by atoms with E-state index in [-0.39, 0.29) is 0 Å². The molecular formula is C13H19N. The summed E-state index contributed by atoms with van der Waals surface area (Å²) in [5.74, 6) is 0.571. The molecule has 0 fully saturated rings. The zero-order valence-corrected chi connectivity index (χ0v) is 9.52. The van der Waals surface area contributed by atoms with Crippen LogP contribution in [-0.2, 0) is 0 Å². The molecule has 1 aromatic rings. The van der Waals surface area contributed by atoms with E-state index in [9.17, 15) is 0 Å². The fraction of sp³-hybridized carbons (Fsp3) is 0.385. The summed E-state index contributed by atoms with van der Waals surface area (Å²) in [6.07, 6.45) is 0. The summed E-state index contributed by atoms with van der Waals surface area (Å²) in [7, 11) is 0. The summed E-state index contributed by atoms with van der Waals surface area (Å²) in [6.45, 7) is 12.4. The van der Waals surface area contributed by atoms with Gasteiger partial charge < -0.3 is 5.32 Å². The Labute approximate surface area is 86.8 Å². The Bertz CT molecular complexity index is 337. The molecule has 1 aromatic carbocycles. The van der Waals surface area contributed by atoms with E-state index in [0.717, 1.165) is 11.4 Å². The van der Waals surface area contributed by atoms with Gasteiger partial charge in [-0.2, -0.15) is 0 Å². The third-order valence-electron chi connectivity index (χ3n) is 2.26. The van der Waals surface area contributed by atoms with Crippen LogP contribution in [0.1, 0.15) is 37.8 Å². The number of nitrogens with one attached hydrogen (secondary N) is 1. The van der Waals surface area contributed by atoms with Crippen LogP contribution in [0.3, 0.4) is 0 Å².